The van der Waals surface area contributed by atoms with E-state index >= 15 is 0 Å². The molecule has 112 valence electrons. The minimum Gasteiger partial charge on any atom is -0.404 e. The molecule has 0 saturated carbocycles. The van der Waals surface area contributed by atoms with Gasteiger partial charge in [-0.05, 0) is 74.9 Å². The normalized spacial score (nSPS) is 11.8. The maximum Gasteiger partial charge on any atom is 0.402 e. The fourth-order valence-electron chi connectivity index (χ4n) is 3.10. The summed E-state index contributed by atoms with van der Waals surface area (Å²) in [6.45, 7) is 11.9. The van der Waals surface area contributed by atoms with Crippen LogP contribution in [0.15, 0.2) is 24.3 Å². The summed E-state index contributed by atoms with van der Waals surface area (Å²) in [4.78, 5) is 22.2. The molecule has 0 aliphatic rings. The number of rotatable bonds is 2. The summed E-state index contributed by atoms with van der Waals surface area (Å²) in [5, 5.41) is 1.47. The molecular formula is C18H24O2Si. The molecule has 0 bridgehead atoms. The van der Waals surface area contributed by atoms with Crippen molar-refractivity contribution in [2.45, 2.75) is 41.5 Å². The molecule has 0 heterocycles. The fourth-order valence-corrected chi connectivity index (χ4v) is 6.06. The molecule has 0 fully saturated rings. The van der Waals surface area contributed by atoms with Crippen LogP contribution in [0.3, 0.4) is 0 Å². The summed E-state index contributed by atoms with van der Waals surface area (Å²) < 4.78 is 0. The lowest BCUT2D eigenvalue weighted by Gasteiger charge is -2.27. The van der Waals surface area contributed by atoms with E-state index in [4.69, 9.17) is 0 Å². The van der Waals surface area contributed by atoms with E-state index in [1.54, 1.807) is 0 Å². The molecular weight excluding hydrogens is 276 g/mol. The molecule has 2 nitrogen and oxygen atoms in total. The second-order valence-corrected chi connectivity index (χ2v) is 8.42. The van der Waals surface area contributed by atoms with Crippen LogP contribution >= 0.6 is 0 Å². The van der Waals surface area contributed by atoms with Crippen LogP contribution in [-0.4, -0.2) is 18.2 Å². The van der Waals surface area contributed by atoms with Gasteiger partial charge < -0.3 is 9.59 Å². The molecule has 0 radical (unpaired) electrons. The molecule has 0 spiro atoms. The first-order valence-corrected chi connectivity index (χ1v) is 9.16. The molecule has 3 heteroatoms. The van der Waals surface area contributed by atoms with Crippen LogP contribution in [0.1, 0.15) is 33.4 Å². The summed E-state index contributed by atoms with van der Waals surface area (Å²) in [5.41, 5.74) is 6.08. The van der Waals surface area contributed by atoms with E-state index in [0.29, 0.717) is 0 Å². The standard InChI is InChI=1S/C18H24O2Si/c1-11-7-9-13(3)17(15(11)5)21(19,20)18-14(4)10-8-12(2)16(18)6/h7-10,19-20H,1-6H3. The van der Waals surface area contributed by atoms with E-state index in [1.807, 2.05) is 65.8 Å². The Hall–Kier alpha value is -1.42. The smallest absolute Gasteiger partial charge is 0.402 e. The zero-order chi connectivity index (χ0) is 15.9. The van der Waals surface area contributed by atoms with E-state index in [0.717, 1.165) is 43.8 Å². The van der Waals surface area contributed by atoms with Crippen molar-refractivity contribution in [1.82, 2.24) is 0 Å². The third-order valence-corrected chi connectivity index (χ3v) is 7.52. The number of hydrogen-bond donors (Lipinski definition) is 2. The zero-order valence-electron chi connectivity index (χ0n) is 13.7. The number of hydrogen-bond acceptors (Lipinski definition) is 2. The minimum absolute atomic E-state index is 0.735. The molecule has 2 aromatic rings. The van der Waals surface area contributed by atoms with Crippen molar-refractivity contribution >= 4 is 18.9 Å². The molecule has 0 atom stereocenters. The first-order valence-electron chi connectivity index (χ1n) is 7.27. The fraction of sp³-hybridized carbons (Fsp3) is 0.333. The summed E-state index contributed by atoms with van der Waals surface area (Å²) in [6, 6.07) is 8.03. The van der Waals surface area contributed by atoms with Gasteiger partial charge in [-0.2, -0.15) is 0 Å². The Kier molecular flexibility index (Phi) is 4.11. The Bertz CT molecular complexity index is 643. The average Bonchev–Trinajstić information content (AvgIpc) is 2.39. The van der Waals surface area contributed by atoms with Crippen LogP contribution in [0.25, 0.3) is 0 Å². The topological polar surface area (TPSA) is 40.5 Å². The van der Waals surface area contributed by atoms with Gasteiger partial charge in [-0.3, -0.25) is 0 Å². The Morgan fingerprint density at radius 1 is 0.571 bits per heavy atom. The lowest BCUT2D eigenvalue weighted by Crippen LogP contribution is -2.62. The highest BCUT2D eigenvalue weighted by molar-refractivity contribution is 6.91. The highest BCUT2D eigenvalue weighted by atomic mass is 28.4. The molecule has 2 aromatic carbocycles. The van der Waals surface area contributed by atoms with Crippen LogP contribution in [0.5, 0.6) is 0 Å². The molecule has 0 aliphatic heterocycles. The van der Waals surface area contributed by atoms with Crippen LogP contribution in [0, 0.1) is 41.5 Å². The SMILES string of the molecule is Cc1ccc(C)c([Si](O)(O)c2c(C)ccc(C)c2C)c1C. The van der Waals surface area contributed by atoms with E-state index in [1.165, 1.54) is 0 Å². The zero-order valence-corrected chi connectivity index (χ0v) is 14.7. The van der Waals surface area contributed by atoms with Gasteiger partial charge in [0.25, 0.3) is 0 Å². The molecule has 2 rings (SSSR count). The van der Waals surface area contributed by atoms with Crippen LogP contribution in [0.2, 0.25) is 0 Å². The lowest BCUT2D eigenvalue weighted by atomic mass is 10.1. The van der Waals surface area contributed by atoms with Gasteiger partial charge in [0, 0.05) is 10.4 Å². The van der Waals surface area contributed by atoms with Crippen molar-refractivity contribution in [3.8, 4) is 0 Å². The Morgan fingerprint density at radius 3 is 1.19 bits per heavy atom. The van der Waals surface area contributed by atoms with Crippen LogP contribution in [0.4, 0.5) is 0 Å². The van der Waals surface area contributed by atoms with Gasteiger partial charge in [-0.1, -0.05) is 24.3 Å². The average molecular weight is 300 g/mol. The molecule has 2 N–H and O–H groups in total. The molecule has 21 heavy (non-hydrogen) atoms. The van der Waals surface area contributed by atoms with Crippen molar-refractivity contribution in [2.75, 3.05) is 0 Å². The monoisotopic (exact) mass is 300 g/mol. The van der Waals surface area contributed by atoms with Gasteiger partial charge in [0.2, 0.25) is 0 Å². The minimum atomic E-state index is -3.70. The van der Waals surface area contributed by atoms with Crippen molar-refractivity contribution in [3.05, 3.63) is 57.6 Å². The second kappa shape index (κ2) is 5.41. The quantitative estimate of drug-likeness (QED) is 0.834. The summed E-state index contributed by atoms with van der Waals surface area (Å²) >= 11 is 0. The van der Waals surface area contributed by atoms with Crippen molar-refractivity contribution in [2.24, 2.45) is 0 Å². The molecule has 0 saturated heterocycles. The largest absolute Gasteiger partial charge is 0.404 e. The van der Waals surface area contributed by atoms with E-state index in [2.05, 4.69) is 0 Å². The first-order chi connectivity index (χ1) is 9.67. The summed E-state index contributed by atoms with van der Waals surface area (Å²) in [5.74, 6) is 0. The third kappa shape index (κ3) is 2.57. The van der Waals surface area contributed by atoms with Gasteiger partial charge in [-0.15, -0.1) is 0 Å². The van der Waals surface area contributed by atoms with Gasteiger partial charge in [-0.25, -0.2) is 0 Å². The summed E-state index contributed by atoms with van der Waals surface area (Å²) in [6.07, 6.45) is 0. The first kappa shape index (κ1) is 16.0. The third-order valence-electron chi connectivity index (χ3n) is 4.59. The maximum atomic E-state index is 11.1. The van der Waals surface area contributed by atoms with E-state index in [9.17, 15) is 9.59 Å². The van der Waals surface area contributed by atoms with Gasteiger partial charge in [0.05, 0.1) is 0 Å². The van der Waals surface area contributed by atoms with Crippen molar-refractivity contribution in [1.29, 1.82) is 0 Å². The Labute approximate surface area is 128 Å². The van der Waals surface area contributed by atoms with E-state index < -0.39 is 8.56 Å². The highest BCUT2D eigenvalue weighted by Gasteiger charge is 2.40. The molecule has 0 aromatic heterocycles. The molecule has 0 unspecified atom stereocenters. The van der Waals surface area contributed by atoms with Crippen molar-refractivity contribution in [3.63, 3.8) is 0 Å². The summed E-state index contributed by atoms with van der Waals surface area (Å²) in [7, 11) is -3.70. The van der Waals surface area contributed by atoms with Gasteiger partial charge >= 0.3 is 8.56 Å². The molecule has 0 amide bonds. The number of benzene rings is 2. The van der Waals surface area contributed by atoms with Gasteiger partial charge in [0.15, 0.2) is 0 Å². The maximum absolute atomic E-state index is 11.1. The molecule has 0 aliphatic carbocycles. The van der Waals surface area contributed by atoms with E-state index in [-0.39, 0.29) is 0 Å². The Morgan fingerprint density at radius 2 is 0.857 bits per heavy atom. The predicted molar refractivity (Wildman–Crippen MR) is 90.8 cm³/mol. The predicted octanol–water partition coefficient (Wildman–Crippen LogP) is 2.08. The van der Waals surface area contributed by atoms with Crippen LogP contribution in [-0.2, 0) is 0 Å². The van der Waals surface area contributed by atoms with Crippen molar-refractivity contribution < 1.29 is 9.59 Å². The Balaban J connectivity index is 2.80. The number of aryl methyl sites for hydroxylation is 4. The lowest BCUT2D eigenvalue weighted by molar-refractivity contribution is 0.400. The second-order valence-electron chi connectivity index (χ2n) is 6.07. The highest BCUT2D eigenvalue weighted by Crippen LogP contribution is 2.16. The van der Waals surface area contributed by atoms with Crippen LogP contribution < -0.4 is 10.4 Å². The van der Waals surface area contributed by atoms with Gasteiger partial charge in [0.1, 0.15) is 0 Å².